The molecule has 0 radical (unpaired) electrons. The summed E-state index contributed by atoms with van der Waals surface area (Å²) in [5.74, 6) is -1.19. The summed E-state index contributed by atoms with van der Waals surface area (Å²) in [6.45, 7) is 0.0644. The lowest BCUT2D eigenvalue weighted by Crippen LogP contribution is -2.27. The highest BCUT2D eigenvalue weighted by molar-refractivity contribution is 7.92. The van der Waals surface area contributed by atoms with Gasteiger partial charge in [0.1, 0.15) is 6.54 Å². The van der Waals surface area contributed by atoms with E-state index in [-0.39, 0.29) is 12.4 Å². The molecule has 0 unspecified atom stereocenters. The molecule has 0 bridgehead atoms. The van der Waals surface area contributed by atoms with Crippen LogP contribution in [0, 0.1) is 0 Å². The third-order valence-corrected chi connectivity index (χ3v) is 4.95. The number of aromatic nitrogens is 2. The molecule has 1 aliphatic heterocycles. The van der Waals surface area contributed by atoms with Crippen molar-refractivity contribution < 1.29 is 23.1 Å². The van der Waals surface area contributed by atoms with Crippen molar-refractivity contribution in [3.63, 3.8) is 0 Å². The van der Waals surface area contributed by atoms with E-state index in [2.05, 4.69) is 10.4 Å². The first-order chi connectivity index (χ1) is 11.7. The van der Waals surface area contributed by atoms with E-state index in [9.17, 15) is 18.0 Å². The lowest BCUT2D eigenvalue weighted by molar-refractivity contribution is -0.137. The second kappa shape index (κ2) is 6.20. The molecule has 0 saturated carbocycles. The van der Waals surface area contributed by atoms with Gasteiger partial charge in [-0.15, -0.1) is 0 Å². The van der Waals surface area contributed by atoms with Gasteiger partial charge >= 0.3 is 5.97 Å². The van der Waals surface area contributed by atoms with E-state index in [1.54, 1.807) is 18.2 Å². The van der Waals surface area contributed by atoms with E-state index in [0.29, 0.717) is 24.2 Å². The highest BCUT2D eigenvalue weighted by Gasteiger charge is 2.26. The summed E-state index contributed by atoms with van der Waals surface area (Å²) in [4.78, 5) is 22.9. The van der Waals surface area contributed by atoms with Crippen LogP contribution in [0.2, 0.25) is 0 Å². The Hall–Kier alpha value is -2.88. The predicted octanol–water partition coefficient (Wildman–Crippen LogP) is 0.542. The van der Waals surface area contributed by atoms with Crippen molar-refractivity contribution >= 4 is 33.4 Å². The summed E-state index contributed by atoms with van der Waals surface area (Å²) in [6.07, 6.45) is 3.14. The van der Waals surface area contributed by atoms with Crippen LogP contribution in [0.15, 0.2) is 30.5 Å². The number of aliphatic carboxylic acids is 1. The highest BCUT2D eigenvalue weighted by atomic mass is 32.2. The fourth-order valence-corrected chi connectivity index (χ4v) is 3.66. The molecule has 10 heteroatoms. The van der Waals surface area contributed by atoms with Crippen molar-refractivity contribution in [1.29, 1.82) is 0 Å². The number of fused-ring (bicyclic) bond motifs is 1. The number of rotatable bonds is 5. The monoisotopic (exact) mass is 364 g/mol. The van der Waals surface area contributed by atoms with Gasteiger partial charge in [-0.3, -0.25) is 18.6 Å². The zero-order valence-corrected chi connectivity index (χ0v) is 14.2. The van der Waals surface area contributed by atoms with Crippen molar-refractivity contribution in [2.75, 3.05) is 22.4 Å². The zero-order chi connectivity index (χ0) is 18.2. The van der Waals surface area contributed by atoms with E-state index in [0.717, 1.165) is 11.8 Å². The Morgan fingerprint density at radius 1 is 1.32 bits per heavy atom. The van der Waals surface area contributed by atoms with Gasteiger partial charge in [0.05, 0.1) is 11.9 Å². The van der Waals surface area contributed by atoms with E-state index in [1.165, 1.54) is 21.3 Å². The van der Waals surface area contributed by atoms with Gasteiger partial charge in [0.2, 0.25) is 10.0 Å². The minimum atomic E-state index is -3.33. The van der Waals surface area contributed by atoms with Crippen LogP contribution in [-0.2, 0) is 27.8 Å². The van der Waals surface area contributed by atoms with Gasteiger partial charge < -0.3 is 10.4 Å². The van der Waals surface area contributed by atoms with Gasteiger partial charge in [-0.05, 0) is 30.2 Å². The molecule has 1 amide bonds. The summed E-state index contributed by atoms with van der Waals surface area (Å²) in [5.41, 5.74) is 1.75. The molecule has 3 rings (SSSR count). The van der Waals surface area contributed by atoms with E-state index in [4.69, 9.17) is 5.11 Å². The summed E-state index contributed by atoms with van der Waals surface area (Å²) in [6, 6.07) is 6.32. The minimum Gasteiger partial charge on any atom is -0.480 e. The third kappa shape index (κ3) is 3.63. The number of anilines is 2. The summed E-state index contributed by atoms with van der Waals surface area (Å²) >= 11 is 0. The second-order valence-corrected chi connectivity index (χ2v) is 7.58. The van der Waals surface area contributed by atoms with Crippen LogP contribution in [0.1, 0.15) is 15.9 Å². The van der Waals surface area contributed by atoms with Crippen molar-refractivity contribution in [1.82, 2.24) is 9.78 Å². The predicted molar refractivity (Wildman–Crippen MR) is 90.2 cm³/mol. The fourth-order valence-electron chi connectivity index (χ4n) is 2.70. The number of carbonyl (C=O) groups excluding carboxylic acids is 1. The molecular formula is C15H16N4O5S. The van der Waals surface area contributed by atoms with Crippen molar-refractivity contribution in [3.8, 4) is 0 Å². The van der Waals surface area contributed by atoms with E-state index >= 15 is 0 Å². The largest absolute Gasteiger partial charge is 0.480 e. The summed E-state index contributed by atoms with van der Waals surface area (Å²) < 4.78 is 26.0. The van der Waals surface area contributed by atoms with Gasteiger partial charge in [0.15, 0.2) is 5.82 Å². The number of sulfonamides is 1. The number of amides is 1. The first kappa shape index (κ1) is 17.0. The molecule has 132 valence electrons. The number of nitrogens with zero attached hydrogens (tertiary/aromatic N) is 3. The van der Waals surface area contributed by atoms with Crippen LogP contribution in [0.5, 0.6) is 0 Å². The molecular weight excluding hydrogens is 348 g/mol. The molecule has 2 heterocycles. The Kier molecular flexibility index (Phi) is 4.21. The first-order valence-corrected chi connectivity index (χ1v) is 9.26. The maximum atomic E-state index is 12.3. The molecule has 0 saturated heterocycles. The second-order valence-electron chi connectivity index (χ2n) is 5.68. The maximum absolute atomic E-state index is 12.3. The third-order valence-electron chi connectivity index (χ3n) is 3.77. The van der Waals surface area contributed by atoms with E-state index < -0.39 is 21.9 Å². The molecule has 2 N–H and O–H groups in total. The number of hydrogen-bond donors (Lipinski definition) is 2. The molecule has 0 atom stereocenters. The van der Waals surface area contributed by atoms with E-state index in [1.807, 2.05) is 0 Å². The molecule has 1 aliphatic rings. The van der Waals surface area contributed by atoms with Crippen LogP contribution in [0.25, 0.3) is 0 Å². The molecule has 1 aromatic heterocycles. The standard InChI is InChI=1S/C15H16N4O5S/c1-25(23,24)19-7-4-10-8-11(2-3-12(10)19)15(22)16-13-5-6-18(17-13)9-14(20)21/h2-3,5-6,8H,4,7,9H2,1H3,(H,20,21)(H,16,17,22). The number of carbonyl (C=O) groups is 2. The van der Waals surface area contributed by atoms with Gasteiger partial charge in [0, 0.05) is 24.4 Å². The smallest absolute Gasteiger partial charge is 0.325 e. The van der Waals surface area contributed by atoms with Gasteiger partial charge in [-0.1, -0.05) is 0 Å². The van der Waals surface area contributed by atoms with Crippen LogP contribution in [0.4, 0.5) is 11.5 Å². The average molecular weight is 364 g/mol. The Bertz CT molecular complexity index is 951. The Labute approximate surface area is 143 Å². The molecule has 1 aromatic carbocycles. The molecule has 25 heavy (non-hydrogen) atoms. The lowest BCUT2D eigenvalue weighted by atomic mass is 10.1. The van der Waals surface area contributed by atoms with Crippen molar-refractivity contribution in [2.24, 2.45) is 0 Å². The SMILES string of the molecule is CS(=O)(=O)N1CCc2cc(C(=O)Nc3ccn(CC(=O)O)n3)ccc21. The Balaban J connectivity index is 1.76. The first-order valence-electron chi connectivity index (χ1n) is 7.41. The van der Waals surface area contributed by atoms with Crippen LogP contribution >= 0.6 is 0 Å². The van der Waals surface area contributed by atoms with Crippen LogP contribution in [-0.4, -0.2) is 48.0 Å². The van der Waals surface area contributed by atoms with Gasteiger partial charge in [-0.2, -0.15) is 5.10 Å². The maximum Gasteiger partial charge on any atom is 0.325 e. The minimum absolute atomic E-state index is 0.240. The normalized spacial score (nSPS) is 13.6. The number of hydrogen-bond acceptors (Lipinski definition) is 5. The van der Waals surface area contributed by atoms with Crippen molar-refractivity contribution in [2.45, 2.75) is 13.0 Å². The lowest BCUT2D eigenvalue weighted by Gasteiger charge is -2.16. The summed E-state index contributed by atoms with van der Waals surface area (Å²) in [7, 11) is -3.33. The zero-order valence-electron chi connectivity index (χ0n) is 13.3. The molecule has 9 nitrogen and oxygen atoms in total. The topological polar surface area (TPSA) is 122 Å². The molecule has 2 aromatic rings. The highest BCUT2D eigenvalue weighted by Crippen LogP contribution is 2.30. The van der Waals surface area contributed by atoms with Crippen LogP contribution < -0.4 is 9.62 Å². The van der Waals surface area contributed by atoms with Crippen LogP contribution in [0.3, 0.4) is 0 Å². The Morgan fingerprint density at radius 2 is 2.08 bits per heavy atom. The average Bonchev–Trinajstić information content (AvgIpc) is 3.11. The number of carboxylic acid groups (broad SMARTS) is 1. The van der Waals surface area contributed by atoms with Gasteiger partial charge in [0.25, 0.3) is 5.91 Å². The number of carboxylic acids is 1. The van der Waals surface area contributed by atoms with Gasteiger partial charge in [-0.25, -0.2) is 8.42 Å². The number of nitrogens with one attached hydrogen (secondary N) is 1. The molecule has 0 spiro atoms. The molecule has 0 fully saturated rings. The quantitative estimate of drug-likeness (QED) is 0.799. The number of benzene rings is 1. The Morgan fingerprint density at radius 3 is 2.76 bits per heavy atom. The summed E-state index contributed by atoms with van der Waals surface area (Å²) in [5, 5.41) is 15.2. The molecule has 0 aliphatic carbocycles. The fraction of sp³-hybridized carbons (Fsp3) is 0.267. The van der Waals surface area contributed by atoms with Crippen molar-refractivity contribution in [3.05, 3.63) is 41.6 Å².